The van der Waals surface area contributed by atoms with Crippen LogP contribution in [-0.4, -0.2) is 63.7 Å². The predicted octanol–water partition coefficient (Wildman–Crippen LogP) is 14.9. The van der Waals surface area contributed by atoms with Crippen molar-refractivity contribution in [3.63, 3.8) is 0 Å². The van der Waals surface area contributed by atoms with E-state index in [1.165, 1.54) is 122 Å². The van der Waals surface area contributed by atoms with E-state index in [1.54, 1.807) is 0 Å². The summed E-state index contributed by atoms with van der Waals surface area (Å²) in [6.45, 7) is 10.2. The zero-order chi connectivity index (χ0) is 45.1. The van der Waals surface area contributed by atoms with Crippen molar-refractivity contribution in [3.8, 4) is 0 Å². The van der Waals surface area contributed by atoms with Gasteiger partial charge in [0.2, 0.25) is 0 Å². The van der Waals surface area contributed by atoms with E-state index in [0.29, 0.717) is 32.8 Å². The number of ether oxygens (including phenoxy) is 4. The molecular formula is C56H97NO6. The predicted molar refractivity (Wildman–Crippen MR) is 266 cm³/mol. The smallest absolute Gasteiger partial charge is 0.310 e. The van der Waals surface area contributed by atoms with Crippen molar-refractivity contribution >= 4 is 11.9 Å². The maximum Gasteiger partial charge on any atom is 0.310 e. The van der Waals surface area contributed by atoms with Crippen molar-refractivity contribution in [2.75, 3.05) is 39.5 Å². The van der Waals surface area contributed by atoms with Gasteiger partial charge < -0.3 is 24.3 Å². The van der Waals surface area contributed by atoms with Crippen molar-refractivity contribution in [3.05, 3.63) is 60.8 Å². The molecule has 0 aromatic carbocycles. The van der Waals surface area contributed by atoms with Crippen molar-refractivity contribution in [1.29, 1.82) is 0 Å². The van der Waals surface area contributed by atoms with Gasteiger partial charge in [-0.1, -0.05) is 159 Å². The largest absolute Gasteiger partial charge is 0.463 e. The lowest BCUT2D eigenvalue weighted by atomic mass is 9.88. The summed E-state index contributed by atoms with van der Waals surface area (Å²) in [5, 5.41) is 3.27. The maximum atomic E-state index is 13.3. The van der Waals surface area contributed by atoms with Crippen molar-refractivity contribution in [2.24, 2.45) is 17.8 Å². The van der Waals surface area contributed by atoms with Crippen LogP contribution in [0.15, 0.2) is 60.8 Å². The average molecular weight is 880 g/mol. The number of hydrogen-bond acceptors (Lipinski definition) is 7. The standard InChI is InChI=1S/C56H97NO6/c1-4-7-10-12-14-16-18-20-22-24-26-28-30-32-34-37-44-60-48-52(61-45-38-35-33-31-29-27-25-23-21-19-17-15-13-11-8-5-2)49-62-55(58)46-50-40-41-54(53(50)39-36-9-6-3)63-56(59)51-42-43-57-47-51/h9,14-17,20-23,36,50-54,57H,4-8,10-13,18-19,24-35,37-49H2,1-3H3/b16-14-,17-15-,22-20-,23-21-,36-9-. The van der Waals surface area contributed by atoms with E-state index < -0.39 is 0 Å². The first-order valence-electron chi connectivity index (χ1n) is 26.6. The molecule has 0 spiro atoms. The van der Waals surface area contributed by atoms with E-state index in [0.717, 1.165) is 70.8 Å². The third-order valence-corrected chi connectivity index (χ3v) is 12.7. The summed E-state index contributed by atoms with van der Waals surface area (Å²) >= 11 is 0. The molecule has 2 aliphatic rings. The average Bonchev–Trinajstić information content (AvgIpc) is 3.97. The van der Waals surface area contributed by atoms with Gasteiger partial charge in [0.05, 0.1) is 12.5 Å². The maximum absolute atomic E-state index is 13.3. The van der Waals surface area contributed by atoms with Gasteiger partial charge in [0.25, 0.3) is 0 Å². The summed E-state index contributed by atoms with van der Waals surface area (Å²) in [5.41, 5.74) is 0. The SMILES string of the molecule is CC/C=C\CC1C(CC(=O)OCC(COCCCCCCCC/C=C\C/C=C\CCCCC)OCCCCCCCC/C=C\C/C=C\CCCCC)CCC1OC(=O)C1CCNC1. The Labute approximate surface area is 388 Å². The van der Waals surface area contributed by atoms with E-state index in [1.807, 2.05) is 0 Å². The third kappa shape index (κ3) is 31.9. The van der Waals surface area contributed by atoms with Gasteiger partial charge in [-0.2, -0.15) is 0 Å². The number of rotatable bonds is 42. The molecule has 1 saturated heterocycles. The fourth-order valence-corrected chi connectivity index (χ4v) is 8.73. The number of carbonyl (C=O) groups is 2. The van der Waals surface area contributed by atoms with E-state index in [4.69, 9.17) is 18.9 Å². The Bertz CT molecular complexity index is 1220. The molecule has 0 aromatic heterocycles. The number of carbonyl (C=O) groups excluding carboxylic acids is 2. The van der Waals surface area contributed by atoms with Gasteiger partial charge in [0.1, 0.15) is 18.8 Å². The minimum atomic E-state index is -0.267. The van der Waals surface area contributed by atoms with Crippen LogP contribution >= 0.6 is 0 Å². The third-order valence-electron chi connectivity index (χ3n) is 12.7. The Morgan fingerprint density at radius 1 is 0.587 bits per heavy atom. The molecule has 0 radical (unpaired) electrons. The van der Waals surface area contributed by atoms with Crippen LogP contribution in [0.25, 0.3) is 0 Å². The first-order chi connectivity index (χ1) is 31.1. The summed E-state index contributed by atoms with van der Waals surface area (Å²) in [7, 11) is 0. The zero-order valence-corrected chi connectivity index (χ0v) is 41.1. The second kappa shape index (κ2) is 42.2. The van der Waals surface area contributed by atoms with Crippen molar-refractivity contribution < 1.29 is 28.5 Å². The molecule has 362 valence electrons. The Morgan fingerprint density at radius 2 is 1.14 bits per heavy atom. The topological polar surface area (TPSA) is 83.1 Å². The van der Waals surface area contributed by atoms with Gasteiger partial charge in [0.15, 0.2) is 0 Å². The molecule has 0 amide bonds. The molecule has 1 aliphatic heterocycles. The number of hydrogen-bond donors (Lipinski definition) is 1. The first kappa shape index (κ1) is 56.6. The molecule has 7 heteroatoms. The fraction of sp³-hybridized carbons (Fsp3) is 0.786. The van der Waals surface area contributed by atoms with Gasteiger partial charge in [-0.15, -0.1) is 0 Å². The lowest BCUT2D eigenvalue weighted by molar-refractivity contribution is -0.155. The normalized spacial score (nSPS) is 19.9. The monoisotopic (exact) mass is 880 g/mol. The lowest BCUT2D eigenvalue weighted by Crippen LogP contribution is -2.31. The number of nitrogens with one attached hydrogen (secondary N) is 1. The Kier molecular flexibility index (Phi) is 37.9. The molecule has 1 N–H and O–H groups in total. The van der Waals surface area contributed by atoms with Gasteiger partial charge in [0, 0.05) is 32.1 Å². The number of unbranched alkanes of at least 4 members (excludes halogenated alkanes) is 18. The molecule has 7 nitrogen and oxygen atoms in total. The van der Waals surface area contributed by atoms with Gasteiger partial charge in [-0.3, -0.25) is 9.59 Å². The van der Waals surface area contributed by atoms with Crippen LogP contribution in [0.2, 0.25) is 0 Å². The van der Waals surface area contributed by atoms with Gasteiger partial charge in [-0.05, 0) is 122 Å². The van der Waals surface area contributed by atoms with Gasteiger partial charge >= 0.3 is 11.9 Å². The fourth-order valence-electron chi connectivity index (χ4n) is 8.73. The van der Waals surface area contributed by atoms with E-state index in [2.05, 4.69) is 86.8 Å². The second-order valence-electron chi connectivity index (χ2n) is 18.4. The molecule has 1 heterocycles. The summed E-state index contributed by atoms with van der Waals surface area (Å²) in [6.07, 6.45) is 56.4. The number of esters is 2. The number of allylic oxidation sites excluding steroid dienone is 10. The molecule has 0 bridgehead atoms. The van der Waals surface area contributed by atoms with Crippen LogP contribution in [-0.2, 0) is 28.5 Å². The molecule has 5 atom stereocenters. The van der Waals surface area contributed by atoms with E-state index in [9.17, 15) is 9.59 Å². The van der Waals surface area contributed by atoms with Crippen LogP contribution in [0.4, 0.5) is 0 Å². The lowest BCUT2D eigenvalue weighted by Gasteiger charge is -2.25. The van der Waals surface area contributed by atoms with Gasteiger partial charge in [-0.25, -0.2) is 0 Å². The summed E-state index contributed by atoms with van der Waals surface area (Å²) in [5.74, 6) is -0.0737. The highest BCUT2D eigenvalue weighted by Gasteiger charge is 2.40. The van der Waals surface area contributed by atoms with Crippen molar-refractivity contribution in [1.82, 2.24) is 5.32 Å². The molecular weight excluding hydrogens is 783 g/mol. The molecule has 2 fully saturated rings. The summed E-state index contributed by atoms with van der Waals surface area (Å²) in [6, 6.07) is 0. The van der Waals surface area contributed by atoms with Crippen LogP contribution in [0.3, 0.4) is 0 Å². The first-order valence-corrected chi connectivity index (χ1v) is 26.6. The molecule has 0 aromatic rings. The van der Waals surface area contributed by atoms with Crippen LogP contribution < -0.4 is 5.32 Å². The van der Waals surface area contributed by atoms with E-state index in [-0.39, 0.29) is 48.5 Å². The minimum Gasteiger partial charge on any atom is -0.463 e. The molecule has 1 saturated carbocycles. The Morgan fingerprint density at radius 3 is 1.70 bits per heavy atom. The Balaban J connectivity index is 1.70. The molecule has 63 heavy (non-hydrogen) atoms. The quantitative estimate of drug-likeness (QED) is 0.0371. The van der Waals surface area contributed by atoms with Crippen molar-refractivity contribution in [2.45, 2.75) is 226 Å². The van der Waals surface area contributed by atoms with E-state index >= 15 is 0 Å². The van der Waals surface area contributed by atoms with Crippen LogP contribution in [0.5, 0.6) is 0 Å². The summed E-state index contributed by atoms with van der Waals surface area (Å²) < 4.78 is 24.4. The van der Waals surface area contributed by atoms with Crippen LogP contribution in [0.1, 0.15) is 213 Å². The highest BCUT2D eigenvalue weighted by molar-refractivity contribution is 5.73. The minimum absolute atomic E-state index is 0.0599. The Hall–Kier alpha value is -2.48. The highest BCUT2D eigenvalue weighted by atomic mass is 16.6. The highest BCUT2D eigenvalue weighted by Crippen LogP contribution is 2.39. The second-order valence-corrected chi connectivity index (χ2v) is 18.4. The molecule has 2 rings (SSSR count). The van der Waals surface area contributed by atoms with Crippen LogP contribution in [0, 0.1) is 17.8 Å². The summed E-state index contributed by atoms with van der Waals surface area (Å²) in [4.78, 5) is 26.2. The molecule has 5 unspecified atom stereocenters. The zero-order valence-electron chi connectivity index (χ0n) is 41.1. The molecule has 1 aliphatic carbocycles.